The van der Waals surface area contributed by atoms with Crippen molar-refractivity contribution in [2.24, 2.45) is 0 Å². The lowest BCUT2D eigenvalue weighted by molar-refractivity contribution is 0.428. The molecular formula is C25H23N5O4S. The lowest BCUT2D eigenvalue weighted by atomic mass is 10.0. The van der Waals surface area contributed by atoms with Crippen LogP contribution in [0.4, 0.5) is 5.82 Å². The molecular weight excluding hydrogens is 466 g/mol. The summed E-state index contributed by atoms with van der Waals surface area (Å²) in [6.07, 6.45) is 2.66. The molecule has 3 heterocycles. The average molecular weight is 490 g/mol. The van der Waals surface area contributed by atoms with E-state index in [0.29, 0.717) is 11.5 Å². The first-order chi connectivity index (χ1) is 16.8. The van der Waals surface area contributed by atoms with Crippen LogP contribution in [0.3, 0.4) is 0 Å². The molecule has 5 rings (SSSR count). The van der Waals surface area contributed by atoms with E-state index in [2.05, 4.69) is 31.3 Å². The van der Waals surface area contributed by atoms with Crippen molar-refractivity contribution in [2.45, 2.75) is 24.8 Å². The minimum absolute atomic E-state index is 0.142. The zero-order chi connectivity index (χ0) is 24.6. The number of anilines is 1. The number of H-pyrrole nitrogens is 2. The number of para-hydroxylation sites is 2. The second-order valence-corrected chi connectivity index (χ2v) is 9.63. The summed E-state index contributed by atoms with van der Waals surface area (Å²) in [5, 5.41) is 13.6. The molecule has 0 aliphatic heterocycles. The fraction of sp³-hybridized carbons (Fsp3) is 0.120. The van der Waals surface area contributed by atoms with Crippen LogP contribution in [-0.2, 0) is 10.1 Å². The molecule has 35 heavy (non-hydrogen) atoms. The number of aromatic hydroxyl groups is 1. The van der Waals surface area contributed by atoms with Crippen LogP contribution < -0.4 is 9.50 Å². The number of aryl methyl sites for hydroxylation is 1. The molecule has 3 aromatic heterocycles. The highest BCUT2D eigenvalue weighted by molar-refractivity contribution is 7.87. The van der Waals surface area contributed by atoms with Gasteiger partial charge in [-0.05, 0) is 37.6 Å². The Morgan fingerprint density at radius 2 is 1.80 bits per heavy atom. The van der Waals surface area contributed by atoms with Crippen LogP contribution >= 0.6 is 0 Å². The van der Waals surface area contributed by atoms with Gasteiger partial charge in [-0.15, -0.1) is 0 Å². The number of phenolic OH excluding ortho intramolecular Hbond substituents is 1. The van der Waals surface area contributed by atoms with Crippen molar-refractivity contribution in [1.82, 2.24) is 19.9 Å². The normalized spacial score (nSPS) is 12.5. The van der Waals surface area contributed by atoms with Gasteiger partial charge in [0.1, 0.15) is 22.7 Å². The Bertz CT molecular complexity index is 1610. The third-order valence-corrected chi connectivity index (χ3v) is 6.88. The van der Waals surface area contributed by atoms with Crippen LogP contribution in [0, 0.1) is 6.92 Å². The first-order valence-electron chi connectivity index (χ1n) is 10.9. The summed E-state index contributed by atoms with van der Waals surface area (Å²) in [6.45, 7) is 3.95. The molecule has 5 aromatic rings. The number of nitrogens with one attached hydrogen (secondary N) is 3. The van der Waals surface area contributed by atoms with Gasteiger partial charge in [0.2, 0.25) is 0 Å². The van der Waals surface area contributed by atoms with Crippen molar-refractivity contribution in [3.8, 4) is 22.6 Å². The van der Waals surface area contributed by atoms with Crippen molar-refractivity contribution in [3.63, 3.8) is 0 Å². The van der Waals surface area contributed by atoms with Gasteiger partial charge in [-0.25, -0.2) is 9.97 Å². The molecule has 4 N–H and O–H groups in total. The average Bonchev–Trinajstić information content (AvgIpc) is 3.46. The molecule has 0 amide bonds. The van der Waals surface area contributed by atoms with Gasteiger partial charge in [-0.1, -0.05) is 42.5 Å². The third kappa shape index (κ3) is 4.31. The van der Waals surface area contributed by atoms with Crippen molar-refractivity contribution < 1.29 is 17.7 Å². The Hall–Kier alpha value is -4.31. The van der Waals surface area contributed by atoms with Gasteiger partial charge in [0.25, 0.3) is 0 Å². The van der Waals surface area contributed by atoms with E-state index in [9.17, 15) is 13.5 Å². The summed E-state index contributed by atoms with van der Waals surface area (Å²) in [4.78, 5) is 14.6. The lowest BCUT2D eigenvalue weighted by Gasteiger charge is -2.17. The highest BCUT2D eigenvalue weighted by Gasteiger charge is 2.26. The van der Waals surface area contributed by atoms with Crippen LogP contribution in [0.15, 0.2) is 78.1 Å². The molecule has 0 bridgehead atoms. The Balaban J connectivity index is 1.53. The van der Waals surface area contributed by atoms with Gasteiger partial charge in [-0.3, -0.25) is 0 Å². The molecule has 9 nitrogen and oxygen atoms in total. The van der Waals surface area contributed by atoms with Crippen LogP contribution in [-0.4, -0.2) is 33.5 Å². The van der Waals surface area contributed by atoms with Crippen LogP contribution in [0.5, 0.6) is 11.5 Å². The van der Waals surface area contributed by atoms with Gasteiger partial charge in [0.05, 0.1) is 11.4 Å². The number of fused-ring (bicyclic) bond motifs is 1. The SMILES string of the molecule is Cc1cc(-c2ccccc2)c([C@H](C)Nc2ncnc3[nH]cc(S(=O)(=O)Oc4ccccc4O)c23)[nH]1. The summed E-state index contributed by atoms with van der Waals surface area (Å²) in [6, 6.07) is 17.7. The van der Waals surface area contributed by atoms with E-state index >= 15 is 0 Å². The van der Waals surface area contributed by atoms with E-state index in [0.717, 1.165) is 22.5 Å². The largest absolute Gasteiger partial charge is 0.504 e. The first-order valence-corrected chi connectivity index (χ1v) is 12.3. The smallest absolute Gasteiger partial charge is 0.341 e. The number of phenols is 1. The topological polar surface area (TPSA) is 133 Å². The summed E-state index contributed by atoms with van der Waals surface area (Å²) < 4.78 is 31.5. The second kappa shape index (κ2) is 8.80. The molecule has 0 saturated carbocycles. The molecule has 10 heteroatoms. The van der Waals surface area contributed by atoms with Crippen LogP contribution in [0.25, 0.3) is 22.2 Å². The quantitative estimate of drug-likeness (QED) is 0.239. The first kappa shape index (κ1) is 22.5. The fourth-order valence-electron chi connectivity index (χ4n) is 4.02. The van der Waals surface area contributed by atoms with Crippen molar-refractivity contribution >= 4 is 27.0 Å². The van der Waals surface area contributed by atoms with Crippen molar-refractivity contribution in [1.29, 1.82) is 0 Å². The number of hydrogen-bond acceptors (Lipinski definition) is 7. The van der Waals surface area contributed by atoms with E-state index < -0.39 is 10.1 Å². The molecule has 0 radical (unpaired) electrons. The number of hydrogen-bond donors (Lipinski definition) is 4. The molecule has 0 saturated heterocycles. The number of rotatable bonds is 7. The van der Waals surface area contributed by atoms with E-state index in [-0.39, 0.29) is 27.8 Å². The summed E-state index contributed by atoms with van der Waals surface area (Å²) in [5.74, 6) is -0.125. The zero-order valence-electron chi connectivity index (χ0n) is 19.0. The van der Waals surface area contributed by atoms with E-state index in [1.165, 1.54) is 24.7 Å². The minimum Gasteiger partial charge on any atom is -0.504 e. The third-order valence-electron chi connectivity index (χ3n) is 5.62. The molecule has 0 aliphatic carbocycles. The standard InChI is InChI=1S/C25H23N5O4S/c1-15-12-18(17-8-4-3-5-9-17)23(29-15)16(2)30-25-22-21(13-26-24(22)27-14-28-25)35(32,33)34-20-11-7-6-10-19(20)31/h3-14,16,29,31H,1-2H3,(H2,26,27,28,30)/t16-/m0/s1. The van der Waals surface area contributed by atoms with Crippen molar-refractivity contribution in [3.05, 3.63) is 84.6 Å². The maximum absolute atomic E-state index is 13.1. The van der Waals surface area contributed by atoms with Gasteiger partial charge in [-0.2, -0.15) is 8.42 Å². The number of benzene rings is 2. The summed E-state index contributed by atoms with van der Waals surface area (Å²) in [7, 11) is -4.31. The van der Waals surface area contributed by atoms with Gasteiger partial charge >= 0.3 is 10.1 Å². The molecule has 178 valence electrons. The van der Waals surface area contributed by atoms with Crippen LogP contribution in [0.2, 0.25) is 0 Å². The monoisotopic (exact) mass is 489 g/mol. The number of nitrogens with zero attached hydrogens (tertiary/aromatic N) is 2. The molecule has 0 aliphatic rings. The molecule has 2 aromatic carbocycles. The van der Waals surface area contributed by atoms with Gasteiger partial charge in [0.15, 0.2) is 11.5 Å². The molecule has 0 unspecified atom stereocenters. The Morgan fingerprint density at radius 1 is 1.06 bits per heavy atom. The maximum atomic E-state index is 13.1. The fourth-order valence-corrected chi connectivity index (χ4v) is 5.13. The minimum atomic E-state index is -4.31. The summed E-state index contributed by atoms with van der Waals surface area (Å²) >= 11 is 0. The predicted octanol–water partition coefficient (Wildman–Crippen LogP) is 4.91. The zero-order valence-corrected chi connectivity index (χ0v) is 19.8. The summed E-state index contributed by atoms with van der Waals surface area (Å²) in [5.41, 5.74) is 4.37. The number of aromatic amines is 2. The maximum Gasteiger partial charge on any atom is 0.341 e. The lowest BCUT2D eigenvalue weighted by Crippen LogP contribution is -2.13. The molecule has 1 atom stereocenters. The van der Waals surface area contributed by atoms with Crippen LogP contribution in [0.1, 0.15) is 24.4 Å². The Morgan fingerprint density at radius 3 is 2.57 bits per heavy atom. The van der Waals surface area contributed by atoms with Crippen molar-refractivity contribution in [2.75, 3.05) is 5.32 Å². The second-order valence-electron chi connectivity index (χ2n) is 8.12. The highest BCUT2D eigenvalue weighted by Crippen LogP contribution is 2.35. The van der Waals surface area contributed by atoms with E-state index in [1.54, 1.807) is 12.1 Å². The predicted molar refractivity (Wildman–Crippen MR) is 133 cm³/mol. The van der Waals surface area contributed by atoms with E-state index in [4.69, 9.17) is 4.18 Å². The van der Waals surface area contributed by atoms with Gasteiger partial charge in [0, 0.05) is 23.1 Å². The Kier molecular flexibility index (Phi) is 5.65. The van der Waals surface area contributed by atoms with Gasteiger partial charge < -0.3 is 24.6 Å². The molecule has 0 fully saturated rings. The van der Waals surface area contributed by atoms with E-state index in [1.807, 2.05) is 44.2 Å². The number of aromatic nitrogens is 4. The highest BCUT2D eigenvalue weighted by atomic mass is 32.2. The molecule has 0 spiro atoms. The Labute approximate surface area is 202 Å².